The largest absolute Gasteiger partial charge is 0.506 e. The Hall–Kier alpha value is -3.55. The molecular weight excluding hydrogens is 386 g/mol. The molecule has 29 heavy (non-hydrogen) atoms. The number of Topliss-reactive ketones (excluding diaryl/α,β-unsaturated/α-hetero) is 1. The van der Waals surface area contributed by atoms with E-state index in [0.29, 0.717) is 5.56 Å². The smallest absolute Gasteiger partial charge is 0.336 e. The predicted molar refractivity (Wildman–Crippen MR) is 97.3 cm³/mol. The molecule has 1 aromatic heterocycles. The van der Waals surface area contributed by atoms with E-state index in [2.05, 4.69) is 0 Å². The Morgan fingerprint density at radius 1 is 1.17 bits per heavy atom. The van der Waals surface area contributed by atoms with Gasteiger partial charge in [-0.3, -0.25) is 9.59 Å². The van der Waals surface area contributed by atoms with E-state index in [1.165, 1.54) is 13.0 Å². The van der Waals surface area contributed by atoms with Gasteiger partial charge in [-0.1, -0.05) is 6.07 Å². The van der Waals surface area contributed by atoms with Gasteiger partial charge in [0.1, 0.15) is 16.9 Å². The van der Waals surface area contributed by atoms with Gasteiger partial charge in [-0.2, -0.15) is 0 Å². The van der Waals surface area contributed by atoms with Gasteiger partial charge in [0.2, 0.25) is 0 Å². The molecule has 0 saturated carbocycles. The van der Waals surface area contributed by atoms with Gasteiger partial charge >= 0.3 is 11.6 Å². The van der Waals surface area contributed by atoms with Gasteiger partial charge in [-0.05, 0) is 37.1 Å². The molecule has 0 aliphatic carbocycles. The Balaban J connectivity index is 2.17. The monoisotopic (exact) mass is 400 g/mol. The molecule has 148 valence electrons. The number of carbonyl (C=O) groups excluding carboxylic acids is 2. The molecule has 0 bridgehead atoms. The number of ether oxygens (including phenoxy) is 1. The third-order valence-electron chi connectivity index (χ3n) is 4.98. The SMILES string of the molecule is CC(=O)c1c2c(c3oc(=O)cc(C)c3c1O)[C@@H](c1ccc(F)c(F)c1)CC(=O)O2. The van der Waals surface area contributed by atoms with E-state index < -0.39 is 40.7 Å². The Morgan fingerprint density at radius 3 is 2.55 bits per heavy atom. The van der Waals surface area contributed by atoms with E-state index in [1.54, 1.807) is 6.92 Å². The number of phenols is 1. The van der Waals surface area contributed by atoms with Crippen molar-refractivity contribution in [2.45, 2.75) is 26.2 Å². The van der Waals surface area contributed by atoms with Crippen molar-refractivity contribution in [1.29, 1.82) is 0 Å². The van der Waals surface area contributed by atoms with E-state index >= 15 is 0 Å². The molecule has 1 aliphatic heterocycles. The lowest BCUT2D eigenvalue weighted by Crippen LogP contribution is -2.24. The molecule has 8 heteroatoms. The van der Waals surface area contributed by atoms with Crippen LogP contribution < -0.4 is 10.4 Å². The van der Waals surface area contributed by atoms with Crippen LogP contribution >= 0.6 is 0 Å². The van der Waals surface area contributed by atoms with Crippen molar-refractivity contribution >= 4 is 22.7 Å². The number of fused-ring (bicyclic) bond motifs is 3. The Bertz CT molecular complexity index is 1270. The Morgan fingerprint density at radius 2 is 1.90 bits per heavy atom. The van der Waals surface area contributed by atoms with E-state index in [9.17, 15) is 28.3 Å². The van der Waals surface area contributed by atoms with Gasteiger partial charge < -0.3 is 14.3 Å². The van der Waals surface area contributed by atoms with Gasteiger partial charge in [0, 0.05) is 17.5 Å². The zero-order valence-electron chi connectivity index (χ0n) is 15.3. The highest BCUT2D eigenvalue weighted by Gasteiger charge is 2.37. The van der Waals surface area contributed by atoms with Crippen LogP contribution in [0.2, 0.25) is 0 Å². The maximum Gasteiger partial charge on any atom is 0.336 e. The minimum atomic E-state index is -1.12. The number of hydrogen-bond acceptors (Lipinski definition) is 6. The fraction of sp³-hybridized carbons (Fsp3) is 0.190. The summed E-state index contributed by atoms with van der Waals surface area (Å²) >= 11 is 0. The topological polar surface area (TPSA) is 93.8 Å². The van der Waals surface area contributed by atoms with Crippen LogP contribution in [0.15, 0.2) is 33.5 Å². The van der Waals surface area contributed by atoms with Crippen molar-refractivity contribution in [3.8, 4) is 11.5 Å². The minimum absolute atomic E-state index is 0.0743. The second-order valence-corrected chi connectivity index (χ2v) is 6.88. The molecule has 2 aromatic carbocycles. The number of hydrogen-bond donors (Lipinski definition) is 1. The van der Waals surface area contributed by atoms with E-state index in [-0.39, 0.29) is 39.8 Å². The van der Waals surface area contributed by atoms with E-state index in [4.69, 9.17) is 9.15 Å². The summed E-state index contributed by atoms with van der Waals surface area (Å²) in [6.45, 7) is 2.74. The molecule has 3 aromatic rings. The van der Waals surface area contributed by atoms with Gasteiger partial charge in [-0.15, -0.1) is 0 Å². The highest BCUT2D eigenvalue weighted by atomic mass is 19.2. The van der Waals surface area contributed by atoms with Crippen LogP contribution in [-0.2, 0) is 4.79 Å². The fourth-order valence-electron chi connectivity index (χ4n) is 3.75. The van der Waals surface area contributed by atoms with Crippen LogP contribution in [0.3, 0.4) is 0 Å². The molecule has 2 heterocycles. The summed E-state index contributed by atoms with van der Waals surface area (Å²) in [4.78, 5) is 36.5. The van der Waals surface area contributed by atoms with Gasteiger partial charge in [0.15, 0.2) is 23.2 Å². The fourth-order valence-corrected chi connectivity index (χ4v) is 3.75. The van der Waals surface area contributed by atoms with E-state index in [0.717, 1.165) is 18.2 Å². The quantitative estimate of drug-likeness (QED) is 0.305. The lowest BCUT2D eigenvalue weighted by molar-refractivity contribution is -0.135. The van der Waals surface area contributed by atoms with Crippen LogP contribution in [0.4, 0.5) is 8.78 Å². The van der Waals surface area contributed by atoms with Crippen LogP contribution in [0.25, 0.3) is 11.0 Å². The number of benzene rings is 2. The first-order valence-electron chi connectivity index (χ1n) is 8.68. The van der Waals surface area contributed by atoms with Crippen molar-refractivity contribution in [3.05, 3.63) is 68.6 Å². The maximum absolute atomic E-state index is 13.9. The molecule has 0 unspecified atom stereocenters. The molecule has 1 aliphatic rings. The minimum Gasteiger partial charge on any atom is -0.506 e. The van der Waals surface area contributed by atoms with Crippen molar-refractivity contribution in [2.75, 3.05) is 0 Å². The number of halogens is 2. The summed E-state index contributed by atoms with van der Waals surface area (Å²) in [7, 11) is 0. The summed E-state index contributed by atoms with van der Waals surface area (Å²) < 4.78 is 37.8. The zero-order chi connectivity index (χ0) is 21.0. The average Bonchev–Trinajstić information content (AvgIpc) is 2.62. The molecule has 1 N–H and O–H groups in total. The first-order valence-corrected chi connectivity index (χ1v) is 8.68. The Kier molecular flexibility index (Phi) is 4.22. The average molecular weight is 400 g/mol. The van der Waals surface area contributed by atoms with Crippen LogP contribution in [0.5, 0.6) is 11.5 Å². The van der Waals surface area contributed by atoms with E-state index in [1.807, 2.05) is 0 Å². The van der Waals surface area contributed by atoms with Gasteiger partial charge in [-0.25, -0.2) is 13.6 Å². The van der Waals surface area contributed by atoms with Crippen LogP contribution in [0, 0.1) is 18.6 Å². The highest BCUT2D eigenvalue weighted by molar-refractivity contribution is 6.09. The number of carbonyl (C=O) groups is 2. The molecule has 0 radical (unpaired) electrons. The lowest BCUT2D eigenvalue weighted by Gasteiger charge is -2.28. The Labute approximate surface area is 162 Å². The third-order valence-corrected chi connectivity index (χ3v) is 4.98. The number of phenolic OH excluding ortho intramolecular Hbond substituents is 1. The number of aryl methyl sites for hydroxylation is 1. The van der Waals surface area contributed by atoms with Crippen LogP contribution in [0.1, 0.15) is 46.3 Å². The van der Waals surface area contributed by atoms with Crippen molar-refractivity contribution < 1.29 is 32.6 Å². The lowest BCUT2D eigenvalue weighted by atomic mass is 9.82. The number of aromatic hydroxyl groups is 1. The first kappa shape index (κ1) is 18.8. The summed E-state index contributed by atoms with van der Waals surface area (Å²) in [5.74, 6) is -5.10. The standard InChI is InChI=1S/C21H14F2O6/c1-8-5-14(25)28-20-16(8)19(27)17(9(2)24)21-18(20)11(7-15(26)29-21)10-3-4-12(22)13(23)6-10/h3-6,11,27H,7H2,1-2H3/t11-/m1/s1. The summed E-state index contributed by atoms with van der Waals surface area (Å²) in [6, 6.07) is 4.30. The number of rotatable bonds is 2. The number of ketones is 1. The van der Waals surface area contributed by atoms with Crippen molar-refractivity contribution in [1.82, 2.24) is 0 Å². The summed E-state index contributed by atoms with van der Waals surface area (Å²) in [5, 5.41) is 10.8. The molecule has 6 nitrogen and oxygen atoms in total. The van der Waals surface area contributed by atoms with Crippen molar-refractivity contribution in [3.63, 3.8) is 0 Å². The van der Waals surface area contributed by atoms with Crippen molar-refractivity contribution in [2.24, 2.45) is 0 Å². The highest BCUT2D eigenvalue weighted by Crippen LogP contribution is 2.49. The van der Waals surface area contributed by atoms with Gasteiger partial charge in [0.25, 0.3) is 0 Å². The number of esters is 1. The molecule has 0 spiro atoms. The van der Waals surface area contributed by atoms with Crippen LogP contribution in [-0.4, -0.2) is 16.9 Å². The summed E-state index contributed by atoms with van der Waals surface area (Å²) in [6.07, 6.45) is -0.257. The maximum atomic E-state index is 13.9. The molecular formula is C21H14F2O6. The molecule has 0 saturated heterocycles. The second-order valence-electron chi connectivity index (χ2n) is 6.88. The first-order chi connectivity index (χ1) is 13.7. The summed E-state index contributed by atoms with van der Waals surface area (Å²) in [5.41, 5.74) is -0.310. The predicted octanol–water partition coefficient (Wildman–Crippen LogP) is 3.73. The molecule has 0 fully saturated rings. The zero-order valence-corrected chi connectivity index (χ0v) is 15.3. The molecule has 0 amide bonds. The second kappa shape index (κ2) is 6.51. The molecule has 4 rings (SSSR count). The normalized spacial score (nSPS) is 15.9. The molecule has 1 atom stereocenters. The third kappa shape index (κ3) is 2.88. The van der Waals surface area contributed by atoms with Gasteiger partial charge in [0.05, 0.1) is 11.8 Å².